The highest BCUT2D eigenvalue weighted by atomic mass is 16.1. The normalized spacial score (nSPS) is 23.5. The fourth-order valence-electron chi connectivity index (χ4n) is 3.56. The van der Waals surface area contributed by atoms with Crippen molar-refractivity contribution >= 4 is 5.91 Å². The lowest BCUT2D eigenvalue weighted by atomic mass is 9.82. The van der Waals surface area contributed by atoms with Crippen LogP contribution in [-0.2, 0) is 4.79 Å². The highest BCUT2D eigenvalue weighted by Gasteiger charge is 2.33. The summed E-state index contributed by atoms with van der Waals surface area (Å²) in [6, 6.07) is 2.35. The Morgan fingerprint density at radius 1 is 1.11 bits per heavy atom. The number of carbonyl (C=O) groups excluding carboxylic acids is 1. The Kier molecular flexibility index (Phi) is 5.24. The molecule has 0 heterocycles. The van der Waals surface area contributed by atoms with Gasteiger partial charge in [0, 0.05) is 6.42 Å². The fraction of sp³-hybridized carbons (Fsp3) is 0.875. The molecule has 0 atom stereocenters. The third-order valence-corrected chi connectivity index (χ3v) is 4.80. The van der Waals surface area contributed by atoms with Gasteiger partial charge in [0.15, 0.2) is 0 Å². The third kappa shape index (κ3) is 4.23. The smallest absolute Gasteiger partial charge is 0.221 e. The van der Waals surface area contributed by atoms with E-state index in [1.165, 1.54) is 38.5 Å². The molecular weight excluding hydrogens is 236 g/mol. The van der Waals surface area contributed by atoms with E-state index in [4.69, 9.17) is 0 Å². The predicted octanol–water partition coefficient (Wildman–Crippen LogP) is 3.69. The lowest BCUT2D eigenvalue weighted by Crippen LogP contribution is -2.48. The van der Waals surface area contributed by atoms with E-state index >= 15 is 0 Å². The summed E-state index contributed by atoms with van der Waals surface area (Å²) < 4.78 is 0. The largest absolute Gasteiger partial charge is 0.338 e. The van der Waals surface area contributed by atoms with Gasteiger partial charge in [0.25, 0.3) is 0 Å². The monoisotopic (exact) mass is 262 g/mol. The van der Waals surface area contributed by atoms with Gasteiger partial charge in [-0.3, -0.25) is 4.79 Å². The minimum atomic E-state index is -0.554. The van der Waals surface area contributed by atoms with Crippen molar-refractivity contribution in [2.24, 2.45) is 5.92 Å². The molecule has 2 rings (SSSR count). The van der Waals surface area contributed by atoms with E-state index in [2.05, 4.69) is 11.4 Å². The lowest BCUT2D eigenvalue weighted by Gasteiger charge is -2.31. The topological polar surface area (TPSA) is 52.9 Å². The summed E-state index contributed by atoms with van der Waals surface area (Å²) in [4.78, 5) is 12.1. The Morgan fingerprint density at radius 3 is 2.37 bits per heavy atom. The molecule has 1 amide bonds. The number of hydrogen-bond acceptors (Lipinski definition) is 2. The van der Waals surface area contributed by atoms with Crippen LogP contribution in [0.15, 0.2) is 0 Å². The van der Waals surface area contributed by atoms with Crippen LogP contribution in [0.4, 0.5) is 0 Å². The van der Waals surface area contributed by atoms with Crippen molar-refractivity contribution in [1.29, 1.82) is 5.26 Å². The molecule has 0 aromatic heterocycles. The summed E-state index contributed by atoms with van der Waals surface area (Å²) in [5, 5.41) is 12.4. The van der Waals surface area contributed by atoms with Crippen molar-refractivity contribution in [2.75, 3.05) is 0 Å². The van der Waals surface area contributed by atoms with Crippen LogP contribution < -0.4 is 5.32 Å². The number of rotatable bonds is 4. The Balaban J connectivity index is 1.75. The Bertz CT molecular complexity index is 333. The van der Waals surface area contributed by atoms with E-state index in [0.29, 0.717) is 6.42 Å². The molecule has 0 bridgehead atoms. The fourth-order valence-corrected chi connectivity index (χ4v) is 3.56. The third-order valence-electron chi connectivity index (χ3n) is 4.80. The molecule has 2 fully saturated rings. The second kappa shape index (κ2) is 6.93. The Hall–Kier alpha value is -1.04. The van der Waals surface area contributed by atoms with Crippen molar-refractivity contribution < 1.29 is 4.79 Å². The minimum absolute atomic E-state index is 0.0917. The molecular formula is C16H26N2O. The van der Waals surface area contributed by atoms with Crippen LogP contribution in [-0.4, -0.2) is 11.4 Å². The first-order chi connectivity index (χ1) is 9.24. The summed E-state index contributed by atoms with van der Waals surface area (Å²) in [6.07, 6.45) is 13.2. The quantitative estimate of drug-likeness (QED) is 0.840. The second-order valence-electron chi connectivity index (χ2n) is 6.35. The molecule has 0 spiro atoms. The van der Waals surface area contributed by atoms with E-state index in [9.17, 15) is 10.1 Å². The summed E-state index contributed by atoms with van der Waals surface area (Å²) in [7, 11) is 0. The SMILES string of the molecule is N#CC1(NC(=O)CCC2CCCCC2)CCCCC1. The molecule has 0 aliphatic heterocycles. The maximum absolute atomic E-state index is 12.1. The maximum atomic E-state index is 12.1. The van der Waals surface area contributed by atoms with Crippen LogP contribution in [0.1, 0.15) is 77.0 Å². The van der Waals surface area contributed by atoms with Crippen LogP contribution in [0.25, 0.3) is 0 Å². The number of hydrogen-bond donors (Lipinski definition) is 1. The first kappa shape index (κ1) is 14.4. The van der Waals surface area contributed by atoms with Gasteiger partial charge in [-0.05, 0) is 25.2 Å². The number of nitriles is 1. The van der Waals surface area contributed by atoms with E-state index < -0.39 is 5.54 Å². The van der Waals surface area contributed by atoms with E-state index in [1.54, 1.807) is 0 Å². The molecule has 1 N–H and O–H groups in total. The Morgan fingerprint density at radius 2 is 1.74 bits per heavy atom. The average molecular weight is 262 g/mol. The van der Waals surface area contributed by atoms with Crippen LogP contribution in [0, 0.1) is 17.2 Å². The predicted molar refractivity (Wildman–Crippen MR) is 75.4 cm³/mol. The van der Waals surface area contributed by atoms with Crippen LogP contribution in [0.3, 0.4) is 0 Å². The highest BCUT2D eigenvalue weighted by Crippen LogP contribution is 2.29. The van der Waals surface area contributed by atoms with Crippen LogP contribution in [0.2, 0.25) is 0 Å². The van der Waals surface area contributed by atoms with E-state index in [1.807, 2.05) is 0 Å². The van der Waals surface area contributed by atoms with Crippen molar-refractivity contribution in [3.63, 3.8) is 0 Å². The van der Waals surface area contributed by atoms with Gasteiger partial charge in [-0.1, -0.05) is 51.4 Å². The summed E-state index contributed by atoms with van der Waals surface area (Å²) in [5.74, 6) is 0.831. The van der Waals surface area contributed by atoms with Gasteiger partial charge in [-0.25, -0.2) is 0 Å². The molecule has 3 heteroatoms. The standard InChI is InChI=1S/C16H26N2O/c17-13-16(11-5-2-6-12-16)18-15(19)10-9-14-7-3-1-4-8-14/h14H,1-12H2,(H,18,19). The number of nitrogens with one attached hydrogen (secondary N) is 1. The molecule has 0 radical (unpaired) electrons. The molecule has 0 unspecified atom stereocenters. The van der Waals surface area contributed by atoms with Gasteiger partial charge >= 0.3 is 0 Å². The summed E-state index contributed by atoms with van der Waals surface area (Å²) in [6.45, 7) is 0. The minimum Gasteiger partial charge on any atom is -0.338 e. The van der Waals surface area contributed by atoms with Gasteiger partial charge in [-0.15, -0.1) is 0 Å². The van der Waals surface area contributed by atoms with E-state index in [-0.39, 0.29) is 5.91 Å². The zero-order valence-corrected chi connectivity index (χ0v) is 11.9. The maximum Gasteiger partial charge on any atom is 0.221 e. The number of carbonyl (C=O) groups is 1. The van der Waals surface area contributed by atoms with Gasteiger partial charge in [-0.2, -0.15) is 5.26 Å². The first-order valence-corrected chi connectivity index (χ1v) is 7.96. The summed E-state index contributed by atoms with van der Waals surface area (Å²) >= 11 is 0. The molecule has 0 aromatic rings. The Labute approximate surface area is 116 Å². The van der Waals surface area contributed by atoms with Crippen LogP contribution in [0.5, 0.6) is 0 Å². The second-order valence-corrected chi connectivity index (χ2v) is 6.35. The molecule has 3 nitrogen and oxygen atoms in total. The van der Waals surface area contributed by atoms with Crippen molar-refractivity contribution in [3.8, 4) is 6.07 Å². The van der Waals surface area contributed by atoms with Gasteiger partial charge < -0.3 is 5.32 Å². The molecule has 106 valence electrons. The molecule has 0 saturated heterocycles. The molecule has 2 saturated carbocycles. The molecule has 0 aromatic carbocycles. The zero-order valence-electron chi connectivity index (χ0n) is 11.9. The summed E-state index contributed by atoms with van der Waals surface area (Å²) in [5.41, 5.74) is -0.554. The highest BCUT2D eigenvalue weighted by molar-refractivity contribution is 5.77. The zero-order chi connectivity index (χ0) is 13.6. The van der Waals surface area contributed by atoms with Crippen molar-refractivity contribution in [3.05, 3.63) is 0 Å². The number of nitrogens with zero attached hydrogens (tertiary/aromatic N) is 1. The lowest BCUT2D eigenvalue weighted by molar-refractivity contribution is -0.123. The van der Waals surface area contributed by atoms with Crippen molar-refractivity contribution in [2.45, 2.75) is 82.6 Å². The van der Waals surface area contributed by atoms with Gasteiger partial charge in [0.1, 0.15) is 5.54 Å². The van der Waals surface area contributed by atoms with E-state index in [0.717, 1.165) is 38.0 Å². The average Bonchev–Trinajstić information content (AvgIpc) is 2.47. The molecule has 2 aliphatic rings. The molecule has 2 aliphatic carbocycles. The van der Waals surface area contributed by atoms with Gasteiger partial charge in [0.2, 0.25) is 5.91 Å². The number of amides is 1. The molecule has 19 heavy (non-hydrogen) atoms. The van der Waals surface area contributed by atoms with Crippen molar-refractivity contribution in [1.82, 2.24) is 5.32 Å². The van der Waals surface area contributed by atoms with Gasteiger partial charge in [0.05, 0.1) is 6.07 Å². The first-order valence-electron chi connectivity index (χ1n) is 7.96. The van der Waals surface area contributed by atoms with Crippen LogP contribution >= 0.6 is 0 Å².